The van der Waals surface area contributed by atoms with Gasteiger partial charge in [-0.15, -0.1) is 0 Å². The second-order valence-corrected chi connectivity index (χ2v) is 6.77. The van der Waals surface area contributed by atoms with Gasteiger partial charge in [0.1, 0.15) is 11.9 Å². The van der Waals surface area contributed by atoms with E-state index in [-0.39, 0.29) is 18.9 Å². The molecule has 0 saturated carbocycles. The zero-order valence-corrected chi connectivity index (χ0v) is 16.1. The van der Waals surface area contributed by atoms with Gasteiger partial charge in [0.15, 0.2) is 11.6 Å². The summed E-state index contributed by atoms with van der Waals surface area (Å²) in [6.07, 6.45) is 2.12. The van der Waals surface area contributed by atoms with Gasteiger partial charge in [-0.25, -0.2) is 9.18 Å². The Bertz CT molecular complexity index is 966. The number of rotatable bonds is 5. The maximum absolute atomic E-state index is 14.7. The first-order chi connectivity index (χ1) is 14.7. The first-order valence-corrected chi connectivity index (χ1v) is 9.50. The summed E-state index contributed by atoms with van der Waals surface area (Å²) in [6, 6.07) is 8.05. The van der Waals surface area contributed by atoms with Crippen LogP contribution >= 0.6 is 0 Å². The van der Waals surface area contributed by atoms with Gasteiger partial charge in [-0.05, 0) is 30.3 Å². The van der Waals surface area contributed by atoms with Crippen LogP contribution in [0.2, 0.25) is 0 Å². The van der Waals surface area contributed by atoms with Crippen molar-refractivity contribution in [3.8, 4) is 6.19 Å². The number of carbonyl (C=O) groups is 1. The number of amides is 1. The van der Waals surface area contributed by atoms with Gasteiger partial charge in [0, 0.05) is 13.1 Å². The van der Waals surface area contributed by atoms with Crippen molar-refractivity contribution >= 4 is 23.3 Å². The molecule has 2 fully saturated rings. The molecule has 0 spiro atoms. The van der Waals surface area contributed by atoms with Crippen LogP contribution in [0.5, 0.6) is 0 Å². The van der Waals surface area contributed by atoms with E-state index in [1.165, 1.54) is 17.2 Å². The number of anilines is 2. The van der Waals surface area contributed by atoms with Gasteiger partial charge < -0.3 is 24.1 Å². The maximum atomic E-state index is 14.7. The number of furan rings is 1. The average molecular weight is 413 g/mol. The van der Waals surface area contributed by atoms with Crippen molar-refractivity contribution < 1.29 is 23.1 Å². The van der Waals surface area contributed by atoms with E-state index in [0.717, 1.165) is 0 Å². The Morgan fingerprint density at radius 2 is 2.17 bits per heavy atom. The van der Waals surface area contributed by atoms with Crippen molar-refractivity contribution in [2.24, 2.45) is 4.99 Å². The van der Waals surface area contributed by atoms with Crippen molar-refractivity contribution in [1.82, 2.24) is 5.32 Å². The van der Waals surface area contributed by atoms with Crippen LogP contribution < -0.4 is 15.1 Å². The molecular formula is C20H20FN5O4. The van der Waals surface area contributed by atoms with Crippen LogP contribution in [-0.4, -0.2) is 57.4 Å². The Morgan fingerprint density at radius 3 is 2.87 bits per heavy atom. The molecule has 0 radical (unpaired) electrons. The molecule has 2 aromatic rings. The van der Waals surface area contributed by atoms with E-state index in [1.54, 1.807) is 30.5 Å². The molecule has 2 aliphatic heterocycles. The highest BCUT2D eigenvalue weighted by Gasteiger charge is 2.33. The summed E-state index contributed by atoms with van der Waals surface area (Å²) >= 11 is 0. The fourth-order valence-electron chi connectivity index (χ4n) is 3.42. The highest BCUT2D eigenvalue weighted by molar-refractivity contribution is 5.97. The fraction of sp³-hybridized carbons (Fsp3) is 0.350. The molecule has 1 aromatic carbocycles. The van der Waals surface area contributed by atoms with Crippen LogP contribution in [0.25, 0.3) is 0 Å². The Balaban J connectivity index is 1.40. The number of halogens is 1. The number of hydrogen-bond donors (Lipinski definition) is 1. The number of aliphatic imine (C=N–C) groups is 1. The lowest BCUT2D eigenvalue weighted by Crippen LogP contribution is -2.37. The Hall–Kier alpha value is -3.58. The third kappa shape index (κ3) is 4.21. The number of hydrogen-bond acceptors (Lipinski definition) is 7. The predicted octanol–water partition coefficient (Wildman–Crippen LogP) is 2.10. The summed E-state index contributed by atoms with van der Waals surface area (Å²) in [4.78, 5) is 19.3. The van der Waals surface area contributed by atoms with Crippen molar-refractivity contribution in [1.29, 1.82) is 5.26 Å². The number of ether oxygens (including phenoxy) is 2. The first-order valence-electron chi connectivity index (χ1n) is 9.50. The number of benzene rings is 1. The lowest BCUT2D eigenvalue weighted by molar-refractivity contribution is 0.122. The van der Waals surface area contributed by atoms with Crippen LogP contribution in [0.3, 0.4) is 0 Å². The molecule has 1 atom stereocenters. The lowest BCUT2D eigenvalue weighted by atomic mass is 10.2. The normalized spacial score (nSPS) is 19.5. The number of carbonyl (C=O) groups excluding carboxylic acids is 1. The van der Waals surface area contributed by atoms with Crippen molar-refractivity contribution in [2.75, 3.05) is 49.2 Å². The Kier molecular flexibility index (Phi) is 5.81. The molecule has 156 valence electrons. The SMILES string of the molecule is N#C/N=C(/NC[C@H]1CN(c2ccc(N3CCOCC3)c(F)c2)C(=O)O1)c1ccco1. The van der Waals surface area contributed by atoms with Gasteiger partial charge in [0.25, 0.3) is 0 Å². The predicted molar refractivity (Wildman–Crippen MR) is 106 cm³/mol. The molecule has 2 saturated heterocycles. The zero-order valence-electron chi connectivity index (χ0n) is 16.1. The number of cyclic esters (lactones) is 1. The molecule has 1 N–H and O–H groups in total. The van der Waals surface area contributed by atoms with Gasteiger partial charge in [0.05, 0.1) is 43.9 Å². The second kappa shape index (κ2) is 8.84. The molecule has 1 aromatic heterocycles. The number of amidine groups is 1. The molecule has 0 unspecified atom stereocenters. The van der Waals surface area contributed by atoms with Gasteiger partial charge in [-0.1, -0.05) is 0 Å². The smallest absolute Gasteiger partial charge is 0.414 e. The highest BCUT2D eigenvalue weighted by Crippen LogP contribution is 2.28. The highest BCUT2D eigenvalue weighted by atomic mass is 19.1. The largest absolute Gasteiger partial charge is 0.461 e. The van der Waals surface area contributed by atoms with E-state index >= 15 is 0 Å². The monoisotopic (exact) mass is 413 g/mol. The quantitative estimate of drug-likeness (QED) is 0.455. The summed E-state index contributed by atoms with van der Waals surface area (Å²) in [7, 11) is 0. The van der Waals surface area contributed by atoms with Crippen LogP contribution in [0.4, 0.5) is 20.6 Å². The van der Waals surface area contributed by atoms with E-state index in [1.807, 2.05) is 4.90 Å². The van der Waals surface area contributed by atoms with Gasteiger partial charge in [-0.2, -0.15) is 10.3 Å². The van der Waals surface area contributed by atoms with E-state index in [0.29, 0.717) is 43.4 Å². The first kappa shape index (κ1) is 19.7. The fourth-order valence-corrected chi connectivity index (χ4v) is 3.42. The average Bonchev–Trinajstić information content (AvgIpc) is 3.42. The minimum absolute atomic E-state index is 0.220. The summed E-state index contributed by atoms with van der Waals surface area (Å²) in [6.45, 7) is 2.82. The third-order valence-electron chi connectivity index (χ3n) is 4.88. The van der Waals surface area contributed by atoms with Gasteiger partial charge in [0.2, 0.25) is 6.19 Å². The number of nitrogens with one attached hydrogen (secondary N) is 1. The summed E-state index contributed by atoms with van der Waals surface area (Å²) in [5.74, 6) is 0.251. The van der Waals surface area contributed by atoms with Crippen LogP contribution in [0.15, 0.2) is 46.0 Å². The minimum Gasteiger partial charge on any atom is -0.461 e. The van der Waals surface area contributed by atoms with E-state index < -0.39 is 18.0 Å². The molecule has 1 amide bonds. The minimum atomic E-state index is -0.558. The van der Waals surface area contributed by atoms with E-state index in [4.69, 9.17) is 19.2 Å². The molecule has 2 aliphatic rings. The molecule has 4 rings (SSSR count). The molecule has 9 nitrogen and oxygen atoms in total. The van der Waals surface area contributed by atoms with Crippen molar-refractivity contribution in [3.63, 3.8) is 0 Å². The van der Waals surface area contributed by atoms with E-state index in [2.05, 4.69) is 10.3 Å². The van der Waals surface area contributed by atoms with Crippen LogP contribution in [-0.2, 0) is 9.47 Å². The molecule has 10 heteroatoms. The van der Waals surface area contributed by atoms with E-state index in [9.17, 15) is 9.18 Å². The summed E-state index contributed by atoms with van der Waals surface area (Å²) in [5.41, 5.74) is 0.914. The van der Waals surface area contributed by atoms with Gasteiger partial charge >= 0.3 is 6.09 Å². The topological polar surface area (TPSA) is 103 Å². The summed E-state index contributed by atoms with van der Waals surface area (Å²) in [5, 5.41) is 11.8. The molecular weight excluding hydrogens is 393 g/mol. The van der Waals surface area contributed by atoms with Crippen LogP contribution in [0, 0.1) is 17.3 Å². The molecule has 0 aliphatic carbocycles. The Labute approximate surface area is 172 Å². The zero-order chi connectivity index (χ0) is 20.9. The van der Waals surface area contributed by atoms with Gasteiger partial charge in [-0.3, -0.25) is 4.90 Å². The molecule has 30 heavy (non-hydrogen) atoms. The summed E-state index contributed by atoms with van der Waals surface area (Å²) < 4.78 is 30.6. The second-order valence-electron chi connectivity index (χ2n) is 6.77. The molecule has 3 heterocycles. The number of nitriles is 1. The number of nitrogens with zero attached hydrogens (tertiary/aromatic N) is 4. The maximum Gasteiger partial charge on any atom is 0.414 e. The third-order valence-corrected chi connectivity index (χ3v) is 4.88. The lowest BCUT2D eigenvalue weighted by Gasteiger charge is -2.29. The Morgan fingerprint density at radius 1 is 1.33 bits per heavy atom. The molecule has 0 bridgehead atoms. The van der Waals surface area contributed by atoms with Crippen LogP contribution in [0.1, 0.15) is 5.76 Å². The van der Waals surface area contributed by atoms with Crippen molar-refractivity contribution in [2.45, 2.75) is 6.10 Å². The van der Waals surface area contributed by atoms with Crippen molar-refractivity contribution in [3.05, 3.63) is 48.2 Å². The number of morpholine rings is 1. The standard InChI is InChI=1S/C20H20FN5O4/c21-16-10-14(3-4-17(16)25-5-8-28-9-6-25)26-12-15(30-20(26)27)11-23-19(24-13-22)18-2-1-7-29-18/h1-4,7,10,15H,5-6,8-9,11-12H2,(H,23,24)/t15-/m0/s1.